The zero-order chi connectivity index (χ0) is 8.65. The Hall–Kier alpha value is -0.0400. The Bertz CT molecular complexity index is 97.2. The normalized spacial score (nSPS) is 16.8. The van der Waals surface area contributed by atoms with Crippen LogP contribution in [0, 0.1) is 5.92 Å². The average Bonchev–Trinajstić information content (AvgIpc) is 2.87. The van der Waals surface area contributed by atoms with Crippen molar-refractivity contribution >= 4 is 0 Å². The molecule has 0 saturated heterocycles. The molecule has 0 aromatic carbocycles. The fourth-order valence-electron chi connectivity index (χ4n) is 1.51. The Morgan fingerprint density at radius 2 is 1.92 bits per heavy atom. The SMILES string of the molecule is CCCCCCNCCC1CC1. The van der Waals surface area contributed by atoms with Crippen LogP contribution in [0.25, 0.3) is 0 Å². The summed E-state index contributed by atoms with van der Waals surface area (Å²) < 4.78 is 0. The minimum absolute atomic E-state index is 1.09. The molecule has 1 rings (SSSR count). The number of hydrogen-bond acceptors (Lipinski definition) is 1. The molecule has 1 nitrogen and oxygen atoms in total. The summed E-state index contributed by atoms with van der Waals surface area (Å²) in [5.41, 5.74) is 0. The molecule has 1 heteroatoms. The Morgan fingerprint density at radius 1 is 1.08 bits per heavy atom. The Kier molecular flexibility index (Phi) is 5.42. The standard InChI is InChI=1S/C11H23N/c1-2-3-4-5-9-12-10-8-11-6-7-11/h11-12H,2-10H2,1H3. The first-order valence-corrected chi connectivity index (χ1v) is 5.64. The van der Waals surface area contributed by atoms with Gasteiger partial charge in [-0.25, -0.2) is 0 Å². The topological polar surface area (TPSA) is 12.0 Å². The van der Waals surface area contributed by atoms with Crippen molar-refractivity contribution in [1.29, 1.82) is 0 Å². The van der Waals surface area contributed by atoms with E-state index in [-0.39, 0.29) is 0 Å². The highest BCUT2D eigenvalue weighted by Gasteiger charge is 2.19. The van der Waals surface area contributed by atoms with Crippen molar-refractivity contribution in [2.24, 2.45) is 5.92 Å². The third-order valence-electron chi connectivity index (χ3n) is 2.63. The van der Waals surface area contributed by atoms with Crippen LogP contribution in [0.4, 0.5) is 0 Å². The van der Waals surface area contributed by atoms with E-state index in [1.165, 1.54) is 58.0 Å². The Morgan fingerprint density at radius 3 is 2.58 bits per heavy atom. The number of unbranched alkanes of at least 4 members (excludes halogenated alkanes) is 3. The fourth-order valence-corrected chi connectivity index (χ4v) is 1.51. The first kappa shape index (κ1) is 10.0. The average molecular weight is 169 g/mol. The molecule has 0 spiro atoms. The van der Waals surface area contributed by atoms with E-state index in [9.17, 15) is 0 Å². The molecular formula is C11H23N. The van der Waals surface area contributed by atoms with E-state index in [2.05, 4.69) is 12.2 Å². The summed E-state index contributed by atoms with van der Waals surface area (Å²) in [6.45, 7) is 4.77. The number of rotatable bonds is 8. The van der Waals surface area contributed by atoms with Gasteiger partial charge in [0.25, 0.3) is 0 Å². The molecule has 1 aliphatic rings. The van der Waals surface area contributed by atoms with E-state index in [0.29, 0.717) is 0 Å². The van der Waals surface area contributed by atoms with Crippen molar-refractivity contribution in [1.82, 2.24) is 5.32 Å². The highest BCUT2D eigenvalue weighted by molar-refractivity contribution is 4.73. The van der Waals surface area contributed by atoms with Gasteiger partial charge in [-0.3, -0.25) is 0 Å². The molecule has 0 heterocycles. The van der Waals surface area contributed by atoms with E-state index >= 15 is 0 Å². The Labute approximate surface area is 76.9 Å². The molecule has 0 unspecified atom stereocenters. The van der Waals surface area contributed by atoms with E-state index in [1.54, 1.807) is 0 Å². The van der Waals surface area contributed by atoms with Crippen molar-refractivity contribution in [2.75, 3.05) is 13.1 Å². The molecule has 0 aliphatic heterocycles. The second kappa shape index (κ2) is 6.47. The van der Waals surface area contributed by atoms with Crippen molar-refractivity contribution in [3.05, 3.63) is 0 Å². The molecular weight excluding hydrogens is 146 g/mol. The van der Waals surface area contributed by atoms with Crippen LogP contribution in [0.2, 0.25) is 0 Å². The first-order chi connectivity index (χ1) is 5.93. The van der Waals surface area contributed by atoms with Gasteiger partial charge in [0.1, 0.15) is 0 Å². The molecule has 0 amide bonds. The summed E-state index contributed by atoms with van der Waals surface area (Å²) in [6, 6.07) is 0. The van der Waals surface area contributed by atoms with Gasteiger partial charge in [0, 0.05) is 0 Å². The van der Waals surface area contributed by atoms with E-state index in [4.69, 9.17) is 0 Å². The molecule has 0 aromatic rings. The lowest BCUT2D eigenvalue weighted by Crippen LogP contribution is -2.16. The highest BCUT2D eigenvalue weighted by Crippen LogP contribution is 2.31. The molecule has 1 saturated carbocycles. The molecule has 1 N–H and O–H groups in total. The quantitative estimate of drug-likeness (QED) is 0.551. The van der Waals surface area contributed by atoms with Gasteiger partial charge in [0.05, 0.1) is 0 Å². The lowest BCUT2D eigenvalue weighted by molar-refractivity contribution is 0.569. The van der Waals surface area contributed by atoms with Crippen molar-refractivity contribution < 1.29 is 0 Å². The third kappa shape index (κ3) is 5.59. The highest BCUT2D eigenvalue weighted by atomic mass is 14.8. The van der Waals surface area contributed by atoms with E-state index < -0.39 is 0 Å². The third-order valence-corrected chi connectivity index (χ3v) is 2.63. The first-order valence-electron chi connectivity index (χ1n) is 5.64. The monoisotopic (exact) mass is 169 g/mol. The summed E-state index contributed by atoms with van der Waals surface area (Å²) in [6.07, 6.45) is 9.96. The van der Waals surface area contributed by atoms with Gasteiger partial charge in [-0.15, -0.1) is 0 Å². The van der Waals surface area contributed by atoms with Crippen molar-refractivity contribution in [3.63, 3.8) is 0 Å². The van der Waals surface area contributed by atoms with Crippen LogP contribution in [0.3, 0.4) is 0 Å². The minimum atomic E-state index is 1.09. The molecule has 1 fully saturated rings. The lowest BCUT2D eigenvalue weighted by atomic mass is 10.2. The summed E-state index contributed by atoms with van der Waals surface area (Å²) in [4.78, 5) is 0. The number of nitrogens with one attached hydrogen (secondary N) is 1. The molecule has 0 bridgehead atoms. The van der Waals surface area contributed by atoms with Gasteiger partial charge in [-0.1, -0.05) is 39.0 Å². The van der Waals surface area contributed by atoms with Crippen LogP contribution >= 0.6 is 0 Å². The van der Waals surface area contributed by atoms with Crippen molar-refractivity contribution in [2.45, 2.75) is 51.9 Å². The van der Waals surface area contributed by atoms with Gasteiger partial charge < -0.3 is 5.32 Å². The van der Waals surface area contributed by atoms with Gasteiger partial charge in [0.15, 0.2) is 0 Å². The van der Waals surface area contributed by atoms with Gasteiger partial charge in [-0.2, -0.15) is 0 Å². The van der Waals surface area contributed by atoms with E-state index in [0.717, 1.165) is 5.92 Å². The van der Waals surface area contributed by atoms with Crippen LogP contribution in [-0.2, 0) is 0 Å². The largest absolute Gasteiger partial charge is 0.317 e. The second-order valence-electron chi connectivity index (χ2n) is 4.04. The van der Waals surface area contributed by atoms with E-state index in [1.807, 2.05) is 0 Å². The van der Waals surface area contributed by atoms with Crippen LogP contribution in [0.5, 0.6) is 0 Å². The maximum atomic E-state index is 3.52. The van der Waals surface area contributed by atoms with Crippen molar-refractivity contribution in [3.8, 4) is 0 Å². The predicted octanol–water partition coefficient (Wildman–Crippen LogP) is 2.96. The van der Waals surface area contributed by atoms with Crippen LogP contribution in [-0.4, -0.2) is 13.1 Å². The summed E-state index contributed by atoms with van der Waals surface area (Å²) in [5.74, 6) is 1.09. The van der Waals surface area contributed by atoms with Gasteiger partial charge in [-0.05, 0) is 31.8 Å². The summed E-state index contributed by atoms with van der Waals surface area (Å²) in [5, 5.41) is 3.52. The van der Waals surface area contributed by atoms with Gasteiger partial charge in [0.2, 0.25) is 0 Å². The summed E-state index contributed by atoms with van der Waals surface area (Å²) in [7, 11) is 0. The molecule has 0 aromatic heterocycles. The lowest BCUT2D eigenvalue weighted by Gasteiger charge is -2.02. The molecule has 1 aliphatic carbocycles. The maximum Gasteiger partial charge on any atom is -0.00463 e. The van der Waals surface area contributed by atoms with Crippen LogP contribution < -0.4 is 5.32 Å². The second-order valence-corrected chi connectivity index (χ2v) is 4.04. The van der Waals surface area contributed by atoms with Crippen LogP contribution in [0.15, 0.2) is 0 Å². The molecule has 12 heavy (non-hydrogen) atoms. The van der Waals surface area contributed by atoms with Gasteiger partial charge >= 0.3 is 0 Å². The molecule has 72 valence electrons. The predicted molar refractivity (Wildman–Crippen MR) is 54.4 cm³/mol. The maximum absolute atomic E-state index is 3.52. The smallest absolute Gasteiger partial charge is 0.00463 e. The summed E-state index contributed by atoms with van der Waals surface area (Å²) >= 11 is 0. The molecule has 0 radical (unpaired) electrons. The molecule has 0 atom stereocenters. The zero-order valence-corrected chi connectivity index (χ0v) is 8.44. The zero-order valence-electron chi connectivity index (χ0n) is 8.44. The minimum Gasteiger partial charge on any atom is -0.317 e. The number of hydrogen-bond donors (Lipinski definition) is 1. The fraction of sp³-hybridized carbons (Fsp3) is 1.00. The Balaban J connectivity index is 1.65. The van der Waals surface area contributed by atoms with Crippen LogP contribution in [0.1, 0.15) is 51.9 Å².